The van der Waals surface area contributed by atoms with Crippen molar-refractivity contribution in [2.75, 3.05) is 5.73 Å². The average molecular weight is 293 g/mol. The highest BCUT2D eigenvalue weighted by atomic mass is 127. The summed E-state index contributed by atoms with van der Waals surface area (Å²) in [5, 5.41) is 0.532. The van der Waals surface area contributed by atoms with Gasteiger partial charge in [0.25, 0.3) is 0 Å². The maximum Gasteiger partial charge on any atom is 0.200 e. The molecule has 4 heteroatoms. The molecule has 0 spiro atoms. The molecular weight excluding hydrogens is 288 g/mol. The molecule has 62 valence electrons. The average Bonchev–Trinajstić information content (AvgIpc) is 2.28. The van der Waals surface area contributed by atoms with Crippen molar-refractivity contribution in [1.29, 1.82) is 0 Å². The van der Waals surface area contributed by atoms with Gasteiger partial charge in [0, 0.05) is 13.7 Å². The quantitative estimate of drug-likeness (QED) is 0.741. The van der Waals surface area contributed by atoms with Crippen molar-refractivity contribution >= 4 is 49.7 Å². The first-order chi connectivity index (χ1) is 5.68. The maximum atomic E-state index is 13.0. The summed E-state index contributed by atoms with van der Waals surface area (Å²) in [6.07, 6.45) is 0. The Kier molecular flexibility index (Phi) is 1.96. The van der Waals surface area contributed by atoms with Crippen LogP contribution in [0.3, 0.4) is 0 Å². The number of nitrogen functional groups attached to an aromatic ring is 1. The van der Waals surface area contributed by atoms with Crippen LogP contribution in [0.4, 0.5) is 10.1 Å². The molecule has 0 amide bonds. The van der Waals surface area contributed by atoms with Gasteiger partial charge in [-0.2, -0.15) is 4.39 Å². The van der Waals surface area contributed by atoms with Gasteiger partial charge in [-0.1, -0.05) is 6.07 Å². The molecule has 12 heavy (non-hydrogen) atoms. The van der Waals surface area contributed by atoms with Gasteiger partial charge >= 0.3 is 0 Å². The number of rotatable bonds is 0. The van der Waals surface area contributed by atoms with Crippen LogP contribution in [0.15, 0.2) is 18.2 Å². The van der Waals surface area contributed by atoms with Gasteiger partial charge in [0.15, 0.2) is 0 Å². The highest BCUT2D eigenvalue weighted by molar-refractivity contribution is 14.1. The van der Waals surface area contributed by atoms with Gasteiger partial charge in [0.1, 0.15) is 0 Å². The molecule has 0 atom stereocenters. The molecule has 0 saturated carbocycles. The summed E-state index contributed by atoms with van der Waals surface area (Å²) in [5.41, 5.74) is 5.79. The van der Waals surface area contributed by atoms with Crippen molar-refractivity contribution in [3.8, 4) is 0 Å². The zero-order chi connectivity index (χ0) is 8.72. The van der Waals surface area contributed by atoms with Gasteiger partial charge in [-0.05, 0) is 34.7 Å². The molecule has 1 aromatic carbocycles. The predicted molar refractivity (Wildman–Crippen MR) is 58.9 cm³/mol. The van der Waals surface area contributed by atoms with E-state index in [9.17, 15) is 4.39 Å². The molecular formula is C8H5FINS. The van der Waals surface area contributed by atoms with Crippen molar-refractivity contribution in [2.45, 2.75) is 0 Å². The van der Waals surface area contributed by atoms with Crippen molar-refractivity contribution in [3.63, 3.8) is 0 Å². The molecule has 2 rings (SSSR count). The number of hydrogen-bond donors (Lipinski definition) is 1. The molecule has 0 saturated heterocycles. The van der Waals surface area contributed by atoms with E-state index in [1.165, 1.54) is 0 Å². The van der Waals surface area contributed by atoms with E-state index in [4.69, 9.17) is 5.73 Å². The molecule has 0 fully saturated rings. The van der Waals surface area contributed by atoms with E-state index in [1.54, 1.807) is 0 Å². The Morgan fingerprint density at radius 1 is 1.42 bits per heavy atom. The molecule has 0 aliphatic carbocycles. The number of anilines is 1. The minimum Gasteiger partial charge on any atom is -0.395 e. The van der Waals surface area contributed by atoms with Crippen molar-refractivity contribution in [2.24, 2.45) is 0 Å². The summed E-state index contributed by atoms with van der Waals surface area (Å²) in [6.45, 7) is 0. The zero-order valence-corrected chi connectivity index (χ0v) is 8.95. The SMILES string of the molecule is Nc1c(F)sc2cc(I)ccc12. The Morgan fingerprint density at radius 2 is 2.17 bits per heavy atom. The second-order valence-corrected chi connectivity index (χ2v) is 4.68. The van der Waals surface area contributed by atoms with Gasteiger partial charge in [-0.15, -0.1) is 11.3 Å². The Balaban J connectivity index is 2.87. The third-order valence-electron chi connectivity index (χ3n) is 1.65. The minimum absolute atomic E-state index is 0.270. The van der Waals surface area contributed by atoms with Gasteiger partial charge in [0.2, 0.25) is 5.13 Å². The summed E-state index contributed by atoms with van der Waals surface area (Å²) in [6, 6.07) is 5.71. The van der Waals surface area contributed by atoms with E-state index in [-0.39, 0.29) is 10.8 Å². The first-order valence-electron chi connectivity index (χ1n) is 3.31. The van der Waals surface area contributed by atoms with E-state index in [2.05, 4.69) is 22.6 Å². The summed E-state index contributed by atoms with van der Waals surface area (Å²) in [7, 11) is 0. The molecule has 1 nitrogen and oxygen atoms in total. The lowest BCUT2D eigenvalue weighted by atomic mass is 10.2. The van der Waals surface area contributed by atoms with E-state index in [0.29, 0.717) is 0 Å². The lowest BCUT2D eigenvalue weighted by Gasteiger charge is -1.91. The first-order valence-corrected chi connectivity index (χ1v) is 5.21. The summed E-state index contributed by atoms with van der Waals surface area (Å²) >= 11 is 3.29. The summed E-state index contributed by atoms with van der Waals surface area (Å²) < 4.78 is 15.0. The molecule has 1 aromatic heterocycles. The van der Waals surface area contributed by atoms with E-state index < -0.39 is 0 Å². The number of fused-ring (bicyclic) bond motifs is 1. The predicted octanol–water partition coefficient (Wildman–Crippen LogP) is 3.23. The standard InChI is InChI=1S/C8H5FINS/c9-8-7(11)5-2-1-4(10)3-6(5)12-8/h1-3H,11H2. The largest absolute Gasteiger partial charge is 0.395 e. The zero-order valence-electron chi connectivity index (χ0n) is 5.97. The second-order valence-electron chi connectivity index (χ2n) is 2.43. The number of thiophene rings is 1. The smallest absolute Gasteiger partial charge is 0.200 e. The summed E-state index contributed by atoms with van der Waals surface area (Å²) in [4.78, 5) is 0. The molecule has 0 unspecified atom stereocenters. The van der Waals surface area contributed by atoms with E-state index >= 15 is 0 Å². The Hall–Kier alpha value is -0.360. The fourth-order valence-corrected chi connectivity index (χ4v) is 2.65. The first kappa shape index (κ1) is 8.25. The highest BCUT2D eigenvalue weighted by Gasteiger charge is 2.07. The van der Waals surface area contributed by atoms with Crippen LogP contribution < -0.4 is 5.73 Å². The van der Waals surface area contributed by atoms with Crippen LogP contribution in [-0.2, 0) is 0 Å². The Labute approximate surface area is 86.5 Å². The molecule has 0 aliphatic rings. The van der Waals surface area contributed by atoms with Gasteiger partial charge in [-0.3, -0.25) is 0 Å². The van der Waals surface area contributed by atoms with Crippen molar-refractivity contribution < 1.29 is 4.39 Å². The van der Waals surface area contributed by atoms with Crippen LogP contribution >= 0.6 is 33.9 Å². The van der Waals surface area contributed by atoms with Crippen molar-refractivity contribution in [1.82, 2.24) is 0 Å². The monoisotopic (exact) mass is 293 g/mol. The molecule has 0 radical (unpaired) electrons. The van der Waals surface area contributed by atoms with Gasteiger partial charge < -0.3 is 5.73 Å². The van der Waals surface area contributed by atoms with E-state index in [0.717, 1.165) is 25.0 Å². The molecule has 0 bridgehead atoms. The number of nitrogens with two attached hydrogens (primary N) is 1. The maximum absolute atomic E-state index is 13.0. The van der Waals surface area contributed by atoms with Crippen molar-refractivity contribution in [3.05, 3.63) is 26.9 Å². The van der Waals surface area contributed by atoms with E-state index in [1.807, 2.05) is 18.2 Å². The fraction of sp³-hybridized carbons (Fsp3) is 0. The second kappa shape index (κ2) is 2.85. The third-order valence-corrected chi connectivity index (χ3v) is 3.27. The van der Waals surface area contributed by atoms with Crippen LogP contribution in [0.1, 0.15) is 0 Å². The lowest BCUT2D eigenvalue weighted by molar-refractivity contribution is 0.662. The van der Waals surface area contributed by atoms with Gasteiger partial charge in [-0.25, -0.2) is 0 Å². The number of benzene rings is 1. The number of halogens is 2. The molecule has 2 N–H and O–H groups in total. The summed E-state index contributed by atoms with van der Waals surface area (Å²) in [5.74, 6) is 0. The lowest BCUT2D eigenvalue weighted by Crippen LogP contribution is -1.83. The van der Waals surface area contributed by atoms with Crippen LogP contribution in [-0.4, -0.2) is 0 Å². The van der Waals surface area contributed by atoms with Gasteiger partial charge in [0.05, 0.1) is 5.69 Å². The molecule has 1 heterocycles. The molecule has 2 aromatic rings. The van der Waals surface area contributed by atoms with Crippen LogP contribution in [0.2, 0.25) is 0 Å². The fourth-order valence-electron chi connectivity index (χ4n) is 1.06. The van der Waals surface area contributed by atoms with Crippen LogP contribution in [0, 0.1) is 8.70 Å². The normalized spacial score (nSPS) is 10.8. The Morgan fingerprint density at radius 3 is 2.92 bits per heavy atom. The Bertz CT molecular complexity index is 438. The van der Waals surface area contributed by atoms with Crippen LogP contribution in [0.5, 0.6) is 0 Å². The van der Waals surface area contributed by atoms with Crippen LogP contribution in [0.25, 0.3) is 10.1 Å². The number of hydrogen-bond acceptors (Lipinski definition) is 2. The molecule has 0 aliphatic heterocycles. The third kappa shape index (κ3) is 1.19. The topological polar surface area (TPSA) is 26.0 Å². The highest BCUT2D eigenvalue weighted by Crippen LogP contribution is 2.32. The minimum atomic E-state index is -0.285.